The summed E-state index contributed by atoms with van der Waals surface area (Å²) in [4.78, 5) is 36.7. The lowest BCUT2D eigenvalue weighted by Crippen LogP contribution is -2.22. The third-order valence-electron chi connectivity index (χ3n) is 4.31. The first-order chi connectivity index (χ1) is 12.6. The fourth-order valence-corrected chi connectivity index (χ4v) is 3.12. The predicted octanol–water partition coefficient (Wildman–Crippen LogP) is 4.11. The minimum absolute atomic E-state index is 0.0338. The van der Waals surface area contributed by atoms with Crippen molar-refractivity contribution in [1.82, 2.24) is 0 Å². The molecular weight excluding hydrogens is 332 g/mol. The Bertz CT molecular complexity index is 1070. The van der Waals surface area contributed by atoms with Crippen molar-refractivity contribution in [2.75, 3.05) is 5.32 Å². The van der Waals surface area contributed by atoms with Gasteiger partial charge in [0.2, 0.25) is 0 Å². The van der Waals surface area contributed by atoms with E-state index in [2.05, 4.69) is 5.32 Å². The molecule has 0 heterocycles. The Morgan fingerprint density at radius 1 is 0.731 bits per heavy atom. The Morgan fingerprint density at radius 3 is 2.00 bits per heavy atom. The number of nitrogens with one attached hydrogen (secondary N) is 1. The van der Waals surface area contributed by atoms with E-state index in [4.69, 9.17) is 0 Å². The van der Waals surface area contributed by atoms with E-state index in [0.29, 0.717) is 11.3 Å². The number of hydrogen-bond acceptors (Lipinski definition) is 5. The zero-order valence-electron chi connectivity index (χ0n) is 13.4. The summed E-state index contributed by atoms with van der Waals surface area (Å²) in [5.74, 6) is -0.724. The fraction of sp³-hybridized carbons (Fsp3) is 0. The number of nitro benzene ring substituents is 1. The second kappa shape index (κ2) is 5.93. The Hall–Kier alpha value is -3.80. The maximum atomic E-state index is 13.0. The SMILES string of the molecule is O=C1c2ccccc2C(=O)c2c1ccc([N+](=O)[O-])c2Nc1ccccc1. The Labute approximate surface area is 148 Å². The van der Waals surface area contributed by atoms with Crippen molar-refractivity contribution in [1.29, 1.82) is 0 Å². The highest BCUT2D eigenvalue weighted by molar-refractivity contribution is 6.30. The smallest absolute Gasteiger partial charge is 0.293 e. The first-order valence-electron chi connectivity index (χ1n) is 7.90. The molecule has 0 spiro atoms. The molecule has 0 saturated heterocycles. The number of nitrogens with zero attached hydrogens (tertiary/aromatic N) is 1. The third-order valence-corrected chi connectivity index (χ3v) is 4.31. The van der Waals surface area contributed by atoms with Crippen LogP contribution in [0.2, 0.25) is 0 Å². The molecule has 0 atom stereocenters. The summed E-state index contributed by atoms with van der Waals surface area (Å²) >= 11 is 0. The number of rotatable bonds is 3. The van der Waals surface area contributed by atoms with Crippen LogP contribution in [0.15, 0.2) is 66.7 Å². The molecule has 1 aliphatic carbocycles. The summed E-state index contributed by atoms with van der Waals surface area (Å²) in [6.07, 6.45) is 0. The summed E-state index contributed by atoms with van der Waals surface area (Å²) in [7, 11) is 0. The molecule has 3 aromatic rings. The van der Waals surface area contributed by atoms with Crippen LogP contribution in [-0.2, 0) is 0 Å². The summed E-state index contributed by atoms with van der Waals surface area (Å²) in [5.41, 5.74) is 1.12. The van der Waals surface area contributed by atoms with Crippen molar-refractivity contribution in [3.05, 3.63) is 99.1 Å². The molecule has 0 radical (unpaired) electrons. The number of hydrogen-bond donors (Lipinski definition) is 1. The van der Waals surface area contributed by atoms with Crippen LogP contribution in [0.1, 0.15) is 31.8 Å². The highest BCUT2D eigenvalue weighted by Gasteiger charge is 2.35. The maximum Gasteiger partial charge on any atom is 0.293 e. The minimum Gasteiger partial charge on any atom is -0.349 e. The molecule has 0 fully saturated rings. The van der Waals surface area contributed by atoms with E-state index >= 15 is 0 Å². The van der Waals surface area contributed by atoms with Gasteiger partial charge in [0.1, 0.15) is 5.69 Å². The molecule has 1 N–H and O–H groups in total. The lowest BCUT2D eigenvalue weighted by atomic mass is 9.83. The molecule has 6 heteroatoms. The number of ketones is 2. The highest BCUT2D eigenvalue weighted by atomic mass is 16.6. The van der Waals surface area contributed by atoms with Crippen LogP contribution < -0.4 is 5.32 Å². The van der Waals surface area contributed by atoms with Crippen molar-refractivity contribution in [2.24, 2.45) is 0 Å². The average molecular weight is 344 g/mol. The zero-order chi connectivity index (χ0) is 18.3. The Morgan fingerprint density at radius 2 is 1.35 bits per heavy atom. The molecule has 0 bridgehead atoms. The molecule has 0 amide bonds. The number of anilines is 2. The number of carbonyl (C=O) groups excluding carboxylic acids is 2. The second-order valence-corrected chi connectivity index (χ2v) is 5.83. The minimum atomic E-state index is -0.566. The fourth-order valence-electron chi connectivity index (χ4n) is 3.12. The third kappa shape index (κ3) is 2.36. The second-order valence-electron chi connectivity index (χ2n) is 5.83. The molecule has 0 aliphatic heterocycles. The summed E-state index contributed by atoms with van der Waals surface area (Å²) in [6.45, 7) is 0. The van der Waals surface area contributed by atoms with Crippen LogP contribution >= 0.6 is 0 Å². The molecule has 1 aliphatic rings. The first kappa shape index (κ1) is 15.7. The van der Waals surface area contributed by atoms with Crippen molar-refractivity contribution in [3.63, 3.8) is 0 Å². The van der Waals surface area contributed by atoms with Gasteiger partial charge in [-0.15, -0.1) is 0 Å². The molecule has 126 valence electrons. The normalized spacial score (nSPS) is 12.3. The topological polar surface area (TPSA) is 89.3 Å². The van der Waals surface area contributed by atoms with Gasteiger partial charge in [-0.25, -0.2) is 0 Å². The van der Waals surface area contributed by atoms with E-state index in [1.807, 2.05) is 6.07 Å². The summed E-state index contributed by atoms with van der Waals surface area (Å²) in [6, 6.07) is 17.9. The van der Waals surface area contributed by atoms with Crippen LogP contribution in [0.25, 0.3) is 0 Å². The summed E-state index contributed by atoms with van der Waals surface area (Å²) in [5, 5.41) is 14.4. The molecule has 6 nitrogen and oxygen atoms in total. The first-order valence-corrected chi connectivity index (χ1v) is 7.90. The number of para-hydroxylation sites is 1. The van der Waals surface area contributed by atoms with E-state index in [0.717, 1.165) is 0 Å². The summed E-state index contributed by atoms with van der Waals surface area (Å²) < 4.78 is 0. The monoisotopic (exact) mass is 344 g/mol. The standard InChI is InChI=1S/C20H12N2O4/c23-19-13-8-4-5-9-14(13)20(24)17-15(19)10-11-16(22(25)26)18(17)21-12-6-2-1-3-7-12/h1-11,21H. The van der Waals surface area contributed by atoms with Gasteiger partial charge in [-0.2, -0.15) is 0 Å². The van der Waals surface area contributed by atoms with Gasteiger partial charge >= 0.3 is 0 Å². The average Bonchev–Trinajstić information content (AvgIpc) is 2.66. The van der Waals surface area contributed by atoms with Crippen LogP contribution in [0.5, 0.6) is 0 Å². The van der Waals surface area contributed by atoms with Gasteiger partial charge < -0.3 is 5.32 Å². The maximum absolute atomic E-state index is 13.0. The molecule has 0 unspecified atom stereocenters. The van der Waals surface area contributed by atoms with Crippen molar-refractivity contribution in [2.45, 2.75) is 0 Å². The molecule has 4 rings (SSSR count). The van der Waals surface area contributed by atoms with Crippen molar-refractivity contribution < 1.29 is 14.5 Å². The van der Waals surface area contributed by atoms with E-state index < -0.39 is 10.7 Å². The van der Waals surface area contributed by atoms with Crippen LogP contribution in [-0.4, -0.2) is 16.5 Å². The Balaban J connectivity index is 1.97. The van der Waals surface area contributed by atoms with E-state index in [-0.39, 0.29) is 33.8 Å². The van der Waals surface area contributed by atoms with E-state index in [1.165, 1.54) is 12.1 Å². The molecule has 3 aromatic carbocycles. The molecule has 0 saturated carbocycles. The van der Waals surface area contributed by atoms with Gasteiger partial charge in [0.25, 0.3) is 5.69 Å². The van der Waals surface area contributed by atoms with Crippen LogP contribution in [0.4, 0.5) is 17.1 Å². The lowest BCUT2D eigenvalue weighted by molar-refractivity contribution is -0.383. The number of fused-ring (bicyclic) bond motifs is 2. The predicted molar refractivity (Wildman–Crippen MR) is 96.1 cm³/mol. The van der Waals surface area contributed by atoms with Gasteiger partial charge in [-0.3, -0.25) is 19.7 Å². The van der Waals surface area contributed by atoms with Crippen LogP contribution in [0, 0.1) is 10.1 Å². The van der Waals surface area contributed by atoms with Gasteiger partial charge in [-0.1, -0.05) is 42.5 Å². The van der Waals surface area contributed by atoms with E-state index in [1.54, 1.807) is 48.5 Å². The zero-order valence-corrected chi connectivity index (χ0v) is 13.4. The molecule has 26 heavy (non-hydrogen) atoms. The van der Waals surface area contributed by atoms with Crippen LogP contribution in [0.3, 0.4) is 0 Å². The van der Waals surface area contributed by atoms with Gasteiger partial charge in [-0.05, 0) is 18.2 Å². The van der Waals surface area contributed by atoms with Gasteiger partial charge in [0.05, 0.1) is 10.5 Å². The number of nitro groups is 1. The molecule has 0 aromatic heterocycles. The molecular formula is C20H12N2O4. The largest absolute Gasteiger partial charge is 0.349 e. The lowest BCUT2D eigenvalue weighted by Gasteiger charge is -2.20. The highest BCUT2D eigenvalue weighted by Crippen LogP contribution is 2.38. The quantitative estimate of drug-likeness (QED) is 0.446. The number of benzene rings is 3. The number of carbonyl (C=O) groups is 2. The van der Waals surface area contributed by atoms with Crippen molar-refractivity contribution in [3.8, 4) is 0 Å². The van der Waals surface area contributed by atoms with Gasteiger partial charge in [0.15, 0.2) is 11.6 Å². The van der Waals surface area contributed by atoms with Gasteiger partial charge in [0, 0.05) is 28.4 Å². The van der Waals surface area contributed by atoms with E-state index in [9.17, 15) is 19.7 Å². The van der Waals surface area contributed by atoms with Crippen molar-refractivity contribution >= 4 is 28.6 Å². The Kier molecular flexibility index (Phi) is 3.58.